The fourth-order valence-corrected chi connectivity index (χ4v) is 2.92. The van der Waals surface area contributed by atoms with Gasteiger partial charge in [-0.25, -0.2) is 9.78 Å². The Morgan fingerprint density at radius 2 is 2.12 bits per heavy atom. The minimum absolute atomic E-state index is 0.00427. The number of hydrogen-bond acceptors (Lipinski definition) is 6. The zero-order chi connectivity index (χ0) is 18.8. The first-order valence-electron chi connectivity index (χ1n) is 8.39. The molecule has 2 N–H and O–H groups in total. The van der Waals surface area contributed by atoms with Gasteiger partial charge in [-0.1, -0.05) is 36.4 Å². The average molecular weight is 373 g/mol. The van der Waals surface area contributed by atoms with Crippen molar-refractivity contribution in [2.45, 2.75) is 25.8 Å². The van der Waals surface area contributed by atoms with E-state index in [4.69, 9.17) is 4.74 Å². The summed E-state index contributed by atoms with van der Waals surface area (Å²) in [7, 11) is 0. The predicted octanol–water partition coefficient (Wildman–Crippen LogP) is 3.04. The van der Waals surface area contributed by atoms with E-state index < -0.39 is 5.97 Å². The highest BCUT2D eigenvalue weighted by Crippen LogP contribution is 2.15. The second-order valence-electron chi connectivity index (χ2n) is 5.78. The molecule has 0 saturated heterocycles. The van der Waals surface area contributed by atoms with Gasteiger partial charge in [0.1, 0.15) is 0 Å². The molecule has 1 heterocycles. The summed E-state index contributed by atoms with van der Waals surface area (Å²) in [6.45, 7) is 5.77. The molecule has 0 aliphatic rings. The van der Waals surface area contributed by atoms with Gasteiger partial charge in [-0.2, -0.15) is 0 Å². The minimum Gasteiger partial charge on any atom is -0.451 e. The highest BCUT2D eigenvalue weighted by Gasteiger charge is 2.15. The third-order valence-electron chi connectivity index (χ3n) is 3.56. The molecule has 1 amide bonds. The summed E-state index contributed by atoms with van der Waals surface area (Å²) in [6, 6.07) is 10.1. The first-order valence-corrected chi connectivity index (χ1v) is 9.27. The SMILES string of the molecule is C=CCNc1nc(C(=O)OCC(=O)NC(C)CCc2ccccc2)cs1. The number of rotatable bonds is 10. The van der Waals surface area contributed by atoms with Crippen molar-refractivity contribution in [3.8, 4) is 0 Å². The van der Waals surface area contributed by atoms with Crippen LogP contribution in [-0.2, 0) is 16.0 Å². The van der Waals surface area contributed by atoms with Crippen LogP contribution in [0.5, 0.6) is 0 Å². The molecule has 1 aromatic carbocycles. The molecule has 1 unspecified atom stereocenters. The van der Waals surface area contributed by atoms with Crippen LogP contribution in [0.1, 0.15) is 29.4 Å². The molecule has 0 bridgehead atoms. The first kappa shape index (κ1) is 19.7. The average Bonchev–Trinajstić information content (AvgIpc) is 3.12. The van der Waals surface area contributed by atoms with Crippen molar-refractivity contribution < 1.29 is 14.3 Å². The lowest BCUT2D eigenvalue weighted by atomic mass is 10.1. The smallest absolute Gasteiger partial charge is 0.358 e. The van der Waals surface area contributed by atoms with Crippen LogP contribution in [0.3, 0.4) is 0 Å². The summed E-state index contributed by atoms with van der Waals surface area (Å²) in [5, 5.41) is 8.02. The normalized spacial score (nSPS) is 11.4. The van der Waals surface area contributed by atoms with E-state index in [1.165, 1.54) is 16.9 Å². The lowest BCUT2D eigenvalue weighted by Crippen LogP contribution is -2.36. The fraction of sp³-hybridized carbons (Fsp3) is 0.316. The van der Waals surface area contributed by atoms with Crippen LogP contribution in [-0.4, -0.2) is 36.1 Å². The lowest BCUT2D eigenvalue weighted by molar-refractivity contribution is -0.124. The van der Waals surface area contributed by atoms with Crippen molar-refractivity contribution in [2.24, 2.45) is 0 Å². The molecular formula is C19H23N3O3S. The number of benzene rings is 1. The number of amides is 1. The highest BCUT2D eigenvalue weighted by atomic mass is 32.1. The van der Waals surface area contributed by atoms with Gasteiger partial charge in [-0.15, -0.1) is 17.9 Å². The van der Waals surface area contributed by atoms with Crippen molar-refractivity contribution in [3.05, 3.63) is 59.6 Å². The number of thiazole rings is 1. The molecule has 0 fully saturated rings. The second-order valence-corrected chi connectivity index (χ2v) is 6.63. The minimum atomic E-state index is -0.611. The molecule has 6 nitrogen and oxygen atoms in total. The van der Waals surface area contributed by atoms with Crippen molar-refractivity contribution >= 4 is 28.3 Å². The van der Waals surface area contributed by atoms with Crippen LogP contribution in [0, 0.1) is 0 Å². The van der Waals surface area contributed by atoms with E-state index in [0.717, 1.165) is 12.8 Å². The van der Waals surface area contributed by atoms with Gasteiger partial charge >= 0.3 is 5.97 Å². The van der Waals surface area contributed by atoms with Crippen LogP contribution < -0.4 is 10.6 Å². The molecule has 7 heteroatoms. The molecule has 1 atom stereocenters. The number of nitrogens with zero attached hydrogens (tertiary/aromatic N) is 1. The molecule has 138 valence electrons. The Hall–Kier alpha value is -2.67. The largest absolute Gasteiger partial charge is 0.451 e. The number of anilines is 1. The van der Waals surface area contributed by atoms with Gasteiger partial charge in [0.2, 0.25) is 0 Å². The Labute approximate surface area is 157 Å². The van der Waals surface area contributed by atoms with E-state index in [1.807, 2.05) is 25.1 Å². The van der Waals surface area contributed by atoms with Gasteiger partial charge in [0.15, 0.2) is 17.4 Å². The summed E-state index contributed by atoms with van der Waals surface area (Å²) in [5.74, 6) is -0.931. The first-order chi connectivity index (χ1) is 12.6. The molecule has 2 aromatic rings. The maximum atomic E-state index is 11.9. The Balaban J connectivity index is 1.69. The zero-order valence-electron chi connectivity index (χ0n) is 14.7. The van der Waals surface area contributed by atoms with Gasteiger partial charge < -0.3 is 15.4 Å². The lowest BCUT2D eigenvalue weighted by Gasteiger charge is -2.13. The van der Waals surface area contributed by atoms with Crippen LogP contribution in [0.25, 0.3) is 0 Å². The maximum absolute atomic E-state index is 11.9. The Kier molecular flexibility index (Phi) is 7.82. The van der Waals surface area contributed by atoms with E-state index in [-0.39, 0.29) is 24.2 Å². The zero-order valence-corrected chi connectivity index (χ0v) is 15.6. The third-order valence-corrected chi connectivity index (χ3v) is 4.36. The number of aryl methyl sites for hydroxylation is 1. The predicted molar refractivity (Wildman–Crippen MR) is 103 cm³/mol. The fourth-order valence-electron chi connectivity index (χ4n) is 2.23. The molecular weight excluding hydrogens is 350 g/mol. The Bertz CT molecular complexity index is 731. The van der Waals surface area contributed by atoms with E-state index in [1.54, 1.807) is 11.5 Å². The standard InChI is InChI=1S/C19H23N3O3S/c1-3-11-20-19-22-16(13-26-19)18(24)25-12-17(23)21-14(2)9-10-15-7-5-4-6-8-15/h3-8,13-14H,1,9-12H2,2H3,(H,20,22)(H,21,23). The van der Waals surface area contributed by atoms with Gasteiger partial charge in [0, 0.05) is 18.0 Å². The molecule has 1 aromatic heterocycles. The number of aromatic nitrogens is 1. The third kappa shape index (κ3) is 6.68. The maximum Gasteiger partial charge on any atom is 0.358 e. The van der Waals surface area contributed by atoms with Crippen LogP contribution in [0.4, 0.5) is 5.13 Å². The monoisotopic (exact) mass is 373 g/mol. The molecule has 0 saturated carbocycles. The van der Waals surface area contributed by atoms with Gasteiger partial charge in [0.05, 0.1) is 0 Å². The van der Waals surface area contributed by atoms with Gasteiger partial charge in [-0.3, -0.25) is 4.79 Å². The van der Waals surface area contributed by atoms with E-state index in [2.05, 4.69) is 34.3 Å². The molecule has 0 aliphatic heterocycles. The topological polar surface area (TPSA) is 80.3 Å². The van der Waals surface area contributed by atoms with Gasteiger partial charge in [-0.05, 0) is 25.3 Å². The van der Waals surface area contributed by atoms with Crippen LogP contribution in [0.15, 0.2) is 48.4 Å². The van der Waals surface area contributed by atoms with Crippen molar-refractivity contribution in [1.29, 1.82) is 0 Å². The number of carbonyl (C=O) groups excluding carboxylic acids is 2. The van der Waals surface area contributed by atoms with Crippen LogP contribution in [0.2, 0.25) is 0 Å². The van der Waals surface area contributed by atoms with Crippen molar-refractivity contribution in [1.82, 2.24) is 10.3 Å². The second kappa shape index (κ2) is 10.4. The van der Waals surface area contributed by atoms with Gasteiger partial charge in [0.25, 0.3) is 5.91 Å². The van der Waals surface area contributed by atoms with Crippen molar-refractivity contribution in [2.75, 3.05) is 18.5 Å². The van der Waals surface area contributed by atoms with Crippen molar-refractivity contribution in [3.63, 3.8) is 0 Å². The Morgan fingerprint density at radius 3 is 2.85 bits per heavy atom. The number of esters is 1. The molecule has 26 heavy (non-hydrogen) atoms. The quantitative estimate of drug-likeness (QED) is 0.494. The van der Waals surface area contributed by atoms with E-state index in [9.17, 15) is 9.59 Å². The van der Waals surface area contributed by atoms with E-state index in [0.29, 0.717) is 11.7 Å². The number of hydrogen-bond donors (Lipinski definition) is 2. The summed E-state index contributed by atoms with van der Waals surface area (Å²) < 4.78 is 5.02. The van der Waals surface area contributed by atoms with E-state index >= 15 is 0 Å². The summed E-state index contributed by atoms with van der Waals surface area (Å²) in [4.78, 5) is 27.9. The number of ether oxygens (including phenoxy) is 1. The Morgan fingerprint density at radius 1 is 1.35 bits per heavy atom. The highest BCUT2D eigenvalue weighted by molar-refractivity contribution is 7.13. The summed E-state index contributed by atoms with van der Waals surface area (Å²) >= 11 is 1.30. The molecule has 0 spiro atoms. The number of carbonyl (C=O) groups is 2. The summed E-state index contributed by atoms with van der Waals surface area (Å²) in [6.07, 6.45) is 3.39. The number of nitrogens with one attached hydrogen (secondary N) is 2. The molecule has 2 rings (SSSR count). The molecule has 0 aliphatic carbocycles. The summed E-state index contributed by atoms with van der Waals surface area (Å²) in [5.41, 5.74) is 1.41. The van der Waals surface area contributed by atoms with Crippen LogP contribution >= 0.6 is 11.3 Å². The molecule has 0 radical (unpaired) electrons.